The topological polar surface area (TPSA) is 35.1 Å². The van der Waals surface area contributed by atoms with Gasteiger partial charge in [0.2, 0.25) is 0 Å². The van der Waals surface area contributed by atoms with Crippen molar-refractivity contribution < 1.29 is 0 Å². The number of hydrogen-bond donors (Lipinski definition) is 0. The van der Waals surface area contributed by atoms with Crippen LogP contribution in [0.4, 0.5) is 5.69 Å². The molecule has 6 heteroatoms. The molecule has 0 bridgehead atoms. The van der Waals surface area contributed by atoms with E-state index in [1.165, 1.54) is 0 Å². The van der Waals surface area contributed by atoms with E-state index in [-0.39, 0.29) is 0 Å². The van der Waals surface area contributed by atoms with Gasteiger partial charge in [0.1, 0.15) is 17.0 Å². The monoisotopic (exact) mass is 422 g/mol. The molecule has 0 atom stereocenters. The zero-order chi connectivity index (χ0) is 20.0. The largest absolute Gasteiger partial charge is 0.328 e. The highest BCUT2D eigenvalue weighted by Gasteiger charge is 2.18. The van der Waals surface area contributed by atoms with Crippen molar-refractivity contribution in [2.45, 2.75) is 25.8 Å². The molecule has 0 radical (unpaired) electrons. The summed E-state index contributed by atoms with van der Waals surface area (Å²) in [4.78, 5) is 10.0. The average Bonchev–Trinajstić information content (AvgIpc) is 3.06. The molecule has 5 rings (SSSR count). The van der Waals surface area contributed by atoms with E-state index in [0.717, 1.165) is 70.1 Å². The van der Waals surface area contributed by atoms with Crippen LogP contribution in [0.5, 0.6) is 0 Å². The summed E-state index contributed by atoms with van der Waals surface area (Å²) >= 11 is 12.1. The Balaban J connectivity index is 1.81. The maximum Gasteiger partial charge on any atom is 0.145 e. The molecule has 0 unspecified atom stereocenters. The molecule has 0 saturated heterocycles. The standard InChI is InChI=1S/C23H20Cl2N4/c1-28-20(15-5-7-16(24)8-6-15)14-19-22(28)27-21-4-2-3-13-29(21)23(19)26-18-11-9-17(25)10-12-18/h5-12,14H,2-4,13H2,1H3/b26-23+. The number of halogens is 2. The van der Waals surface area contributed by atoms with Crippen LogP contribution in [0, 0.1) is 0 Å². The normalized spacial score (nSPS) is 14.4. The van der Waals surface area contributed by atoms with E-state index in [2.05, 4.69) is 22.2 Å². The lowest BCUT2D eigenvalue weighted by atomic mass is 10.1. The second-order valence-electron chi connectivity index (χ2n) is 7.38. The second-order valence-corrected chi connectivity index (χ2v) is 8.25. The zero-order valence-corrected chi connectivity index (χ0v) is 17.6. The van der Waals surface area contributed by atoms with Gasteiger partial charge in [-0.05, 0) is 60.9 Å². The molecule has 0 spiro atoms. The van der Waals surface area contributed by atoms with Crippen molar-refractivity contribution in [3.05, 3.63) is 76.0 Å². The third kappa shape index (κ3) is 3.37. The van der Waals surface area contributed by atoms with Crippen molar-refractivity contribution in [3.63, 3.8) is 0 Å². The summed E-state index contributed by atoms with van der Waals surface area (Å²) in [5, 5.41) is 2.50. The van der Waals surface area contributed by atoms with Gasteiger partial charge in [-0.1, -0.05) is 35.3 Å². The molecule has 146 valence electrons. The summed E-state index contributed by atoms with van der Waals surface area (Å²) in [5.41, 5.74) is 5.01. The molecule has 0 saturated carbocycles. The third-order valence-corrected chi connectivity index (χ3v) is 5.98. The van der Waals surface area contributed by atoms with Crippen LogP contribution in [0.15, 0.2) is 59.6 Å². The van der Waals surface area contributed by atoms with E-state index >= 15 is 0 Å². The van der Waals surface area contributed by atoms with Gasteiger partial charge >= 0.3 is 0 Å². The Kier molecular flexibility index (Phi) is 4.69. The summed E-state index contributed by atoms with van der Waals surface area (Å²) in [5.74, 6) is 1.10. The number of nitrogens with zero attached hydrogens (tertiary/aromatic N) is 4. The summed E-state index contributed by atoms with van der Waals surface area (Å²) in [7, 11) is 2.06. The Morgan fingerprint density at radius 3 is 2.34 bits per heavy atom. The first kappa shape index (κ1) is 18.5. The molecule has 3 heterocycles. The summed E-state index contributed by atoms with van der Waals surface area (Å²) < 4.78 is 4.42. The van der Waals surface area contributed by atoms with Gasteiger partial charge in [0, 0.05) is 30.1 Å². The van der Waals surface area contributed by atoms with Gasteiger partial charge < -0.3 is 9.13 Å². The molecule has 1 aliphatic rings. The fraction of sp³-hybridized carbons (Fsp3) is 0.217. The maximum atomic E-state index is 6.08. The lowest BCUT2D eigenvalue weighted by molar-refractivity contribution is 0.496. The van der Waals surface area contributed by atoms with E-state index in [9.17, 15) is 0 Å². The third-order valence-electron chi connectivity index (χ3n) is 5.48. The van der Waals surface area contributed by atoms with Crippen molar-refractivity contribution in [2.75, 3.05) is 0 Å². The molecule has 0 N–H and O–H groups in total. The number of hydrogen-bond acceptors (Lipinski definition) is 2. The van der Waals surface area contributed by atoms with Crippen LogP contribution in [-0.4, -0.2) is 14.1 Å². The van der Waals surface area contributed by atoms with Gasteiger partial charge in [-0.25, -0.2) is 9.98 Å². The van der Waals surface area contributed by atoms with Crippen LogP contribution in [-0.2, 0) is 20.0 Å². The summed E-state index contributed by atoms with van der Waals surface area (Å²) in [6.07, 6.45) is 3.28. The van der Waals surface area contributed by atoms with Crippen molar-refractivity contribution in [2.24, 2.45) is 12.0 Å². The van der Waals surface area contributed by atoms with Gasteiger partial charge in [-0.15, -0.1) is 0 Å². The van der Waals surface area contributed by atoms with Gasteiger partial charge in [-0.3, -0.25) is 0 Å². The van der Waals surface area contributed by atoms with Gasteiger partial charge in [0.05, 0.1) is 16.8 Å². The van der Waals surface area contributed by atoms with Crippen molar-refractivity contribution in [3.8, 4) is 11.3 Å². The van der Waals surface area contributed by atoms with Crippen LogP contribution >= 0.6 is 23.2 Å². The fourth-order valence-corrected chi connectivity index (χ4v) is 4.23. The Morgan fingerprint density at radius 2 is 1.62 bits per heavy atom. The van der Waals surface area contributed by atoms with E-state index in [4.69, 9.17) is 33.2 Å². The molecule has 29 heavy (non-hydrogen) atoms. The molecule has 4 nitrogen and oxygen atoms in total. The van der Waals surface area contributed by atoms with E-state index in [1.54, 1.807) is 0 Å². The van der Waals surface area contributed by atoms with Crippen molar-refractivity contribution in [1.82, 2.24) is 14.1 Å². The van der Waals surface area contributed by atoms with Crippen LogP contribution < -0.4 is 5.49 Å². The highest BCUT2D eigenvalue weighted by atomic mass is 35.5. The Morgan fingerprint density at radius 1 is 0.931 bits per heavy atom. The fourth-order valence-electron chi connectivity index (χ4n) is 3.98. The SMILES string of the molecule is Cn1c(-c2ccc(Cl)cc2)cc2/c(=N\c3ccc(Cl)cc3)n3c(nc21)CCCC3. The Labute approximate surface area is 179 Å². The maximum absolute atomic E-state index is 6.08. The minimum absolute atomic E-state index is 0.711. The number of benzene rings is 2. The Hall–Kier alpha value is -2.56. The molecular formula is C23H20Cl2N4. The predicted molar refractivity (Wildman–Crippen MR) is 119 cm³/mol. The molecule has 1 aliphatic heterocycles. The minimum atomic E-state index is 0.711. The van der Waals surface area contributed by atoms with E-state index in [1.807, 2.05) is 48.5 Å². The quantitative estimate of drug-likeness (QED) is 0.394. The van der Waals surface area contributed by atoms with Crippen LogP contribution in [0.1, 0.15) is 18.7 Å². The van der Waals surface area contributed by atoms with E-state index < -0.39 is 0 Å². The second kappa shape index (κ2) is 7.36. The van der Waals surface area contributed by atoms with Crippen LogP contribution in [0.2, 0.25) is 10.0 Å². The first-order valence-electron chi connectivity index (χ1n) is 9.75. The van der Waals surface area contributed by atoms with Gasteiger partial charge in [0.15, 0.2) is 0 Å². The minimum Gasteiger partial charge on any atom is -0.328 e. The number of aromatic nitrogens is 3. The average molecular weight is 423 g/mol. The molecule has 0 amide bonds. The highest BCUT2D eigenvalue weighted by molar-refractivity contribution is 6.30. The van der Waals surface area contributed by atoms with Crippen molar-refractivity contribution >= 4 is 39.9 Å². The van der Waals surface area contributed by atoms with Crippen LogP contribution in [0.3, 0.4) is 0 Å². The van der Waals surface area contributed by atoms with Gasteiger partial charge in [-0.2, -0.15) is 0 Å². The zero-order valence-electron chi connectivity index (χ0n) is 16.1. The van der Waals surface area contributed by atoms with Crippen LogP contribution in [0.25, 0.3) is 22.3 Å². The highest BCUT2D eigenvalue weighted by Crippen LogP contribution is 2.27. The van der Waals surface area contributed by atoms with Gasteiger partial charge in [0.25, 0.3) is 0 Å². The molecule has 2 aromatic heterocycles. The Bertz CT molecular complexity index is 1270. The summed E-state index contributed by atoms with van der Waals surface area (Å²) in [6.45, 7) is 0.940. The number of rotatable bonds is 2. The molecular weight excluding hydrogens is 403 g/mol. The lowest BCUT2D eigenvalue weighted by Gasteiger charge is -2.19. The lowest BCUT2D eigenvalue weighted by Crippen LogP contribution is -2.29. The smallest absolute Gasteiger partial charge is 0.145 e. The molecule has 0 aliphatic carbocycles. The molecule has 2 aromatic carbocycles. The number of fused-ring (bicyclic) bond motifs is 2. The first-order chi connectivity index (χ1) is 14.1. The number of aryl methyl sites for hydroxylation is 2. The van der Waals surface area contributed by atoms with Crippen molar-refractivity contribution in [1.29, 1.82) is 0 Å². The molecule has 0 fully saturated rings. The first-order valence-corrected chi connectivity index (χ1v) is 10.5. The predicted octanol–water partition coefficient (Wildman–Crippen LogP) is 5.92. The van der Waals surface area contributed by atoms with E-state index in [0.29, 0.717) is 5.02 Å². The molecule has 4 aromatic rings. The summed E-state index contributed by atoms with van der Waals surface area (Å²) in [6, 6.07) is 17.8.